The molecule has 1 aromatic carbocycles. The third-order valence-corrected chi connectivity index (χ3v) is 2.95. The van der Waals surface area contributed by atoms with Gasteiger partial charge in [-0.05, 0) is 18.9 Å². The maximum absolute atomic E-state index is 6.00. The Morgan fingerprint density at radius 1 is 1.31 bits per heavy atom. The zero-order valence-electron chi connectivity index (χ0n) is 9.99. The summed E-state index contributed by atoms with van der Waals surface area (Å²) in [5.74, 6) is 0.765. The number of nitrogen functional groups attached to an aromatic ring is 1. The van der Waals surface area contributed by atoms with Gasteiger partial charge in [-0.1, -0.05) is 31.2 Å². The van der Waals surface area contributed by atoms with Gasteiger partial charge in [-0.15, -0.1) is 0 Å². The van der Waals surface area contributed by atoms with E-state index >= 15 is 0 Å². The fraction of sp³-hybridized carbons (Fsp3) is 0.308. The number of nitrogens with two attached hydrogens (primary N) is 1. The second kappa shape index (κ2) is 4.00. The number of aromatic nitrogens is 2. The molecular formula is C13H17N3. The molecule has 0 saturated heterocycles. The van der Waals surface area contributed by atoms with Gasteiger partial charge in [0, 0.05) is 18.2 Å². The molecule has 0 aliphatic rings. The molecule has 0 saturated carbocycles. The van der Waals surface area contributed by atoms with E-state index in [1.807, 2.05) is 19.2 Å². The van der Waals surface area contributed by atoms with Crippen LogP contribution in [0.1, 0.15) is 18.1 Å². The molecule has 84 valence electrons. The monoisotopic (exact) mass is 215 g/mol. The van der Waals surface area contributed by atoms with Crippen molar-refractivity contribution in [3.8, 4) is 11.3 Å². The van der Waals surface area contributed by atoms with Gasteiger partial charge in [0.25, 0.3) is 0 Å². The van der Waals surface area contributed by atoms with Gasteiger partial charge in [-0.3, -0.25) is 4.68 Å². The first-order chi connectivity index (χ1) is 7.65. The van der Waals surface area contributed by atoms with Crippen LogP contribution in [-0.2, 0) is 13.5 Å². The Morgan fingerprint density at radius 2 is 2.00 bits per heavy atom. The third-order valence-electron chi connectivity index (χ3n) is 2.95. The molecule has 16 heavy (non-hydrogen) atoms. The summed E-state index contributed by atoms with van der Waals surface area (Å²) in [4.78, 5) is 0. The molecule has 0 aliphatic carbocycles. The van der Waals surface area contributed by atoms with Crippen molar-refractivity contribution in [1.29, 1.82) is 0 Å². The minimum atomic E-state index is 0.765. The largest absolute Gasteiger partial charge is 0.384 e. The maximum Gasteiger partial charge on any atom is 0.125 e. The van der Waals surface area contributed by atoms with Gasteiger partial charge in [-0.2, -0.15) is 5.10 Å². The van der Waals surface area contributed by atoms with Crippen LogP contribution in [0.5, 0.6) is 0 Å². The van der Waals surface area contributed by atoms with Crippen LogP contribution < -0.4 is 5.73 Å². The highest BCUT2D eigenvalue weighted by molar-refractivity contribution is 5.71. The Kier molecular flexibility index (Phi) is 2.69. The second-order valence-electron chi connectivity index (χ2n) is 4.00. The fourth-order valence-electron chi connectivity index (χ4n) is 1.98. The lowest BCUT2D eigenvalue weighted by molar-refractivity contribution is 0.781. The van der Waals surface area contributed by atoms with Crippen LogP contribution >= 0.6 is 0 Å². The van der Waals surface area contributed by atoms with Crippen molar-refractivity contribution in [2.24, 2.45) is 7.05 Å². The molecule has 2 rings (SSSR count). The van der Waals surface area contributed by atoms with Crippen LogP contribution in [0.2, 0.25) is 0 Å². The fourth-order valence-corrected chi connectivity index (χ4v) is 1.98. The zero-order valence-corrected chi connectivity index (χ0v) is 9.99. The van der Waals surface area contributed by atoms with E-state index < -0.39 is 0 Å². The summed E-state index contributed by atoms with van der Waals surface area (Å²) >= 11 is 0. The summed E-state index contributed by atoms with van der Waals surface area (Å²) in [5.41, 5.74) is 10.6. The van der Waals surface area contributed by atoms with Gasteiger partial charge in [0.15, 0.2) is 0 Å². The molecule has 0 radical (unpaired) electrons. The van der Waals surface area contributed by atoms with Crippen molar-refractivity contribution in [2.45, 2.75) is 20.3 Å². The normalized spacial score (nSPS) is 10.7. The number of benzene rings is 1. The molecule has 0 amide bonds. The minimum absolute atomic E-state index is 0.765. The molecule has 0 aliphatic heterocycles. The summed E-state index contributed by atoms with van der Waals surface area (Å²) in [7, 11) is 1.89. The Labute approximate surface area is 95.9 Å². The lowest BCUT2D eigenvalue weighted by atomic mass is 10.0. The van der Waals surface area contributed by atoms with E-state index in [-0.39, 0.29) is 0 Å². The Balaban J connectivity index is 2.65. The lowest BCUT2D eigenvalue weighted by Gasteiger charge is -2.04. The van der Waals surface area contributed by atoms with Gasteiger partial charge < -0.3 is 5.73 Å². The van der Waals surface area contributed by atoms with E-state index in [0.717, 1.165) is 23.5 Å². The number of rotatable bonds is 2. The van der Waals surface area contributed by atoms with Crippen molar-refractivity contribution < 1.29 is 0 Å². The number of aryl methyl sites for hydroxylation is 2. The van der Waals surface area contributed by atoms with E-state index in [0.29, 0.717) is 0 Å². The number of nitrogens with zero attached hydrogens (tertiary/aromatic N) is 2. The standard InChI is InChI=1S/C13H17N3/c1-4-10-12(15-16(3)13(10)14)11-8-6-5-7-9(11)2/h5-8H,4,14H2,1-3H3. The van der Waals surface area contributed by atoms with Gasteiger partial charge >= 0.3 is 0 Å². The molecule has 0 fully saturated rings. The van der Waals surface area contributed by atoms with Gasteiger partial charge in [-0.25, -0.2) is 0 Å². The number of anilines is 1. The van der Waals surface area contributed by atoms with Crippen molar-refractivity contribution in [2.75, 3.05) is 5.73 Å². The third kappa shape index (κ3) is 1.58. The molecule has 2 aromatic rings. The van der Waals surface area contributed by atoms with E-state index in [9.17, 15) is 0 Å². The van der Waals surface area contributed by atoms with Crippen molar-refractivity contribution in [3.63, 3.8) is 0 Å². The van der Waals surface area contributed by atoms with Crippen LogP contribution in [0.15, 0.2) is 24.3 Å². The van der Waals surface area contributed by atoms with Crippen LogP contribution in [0, 0.1) is 6.92 Å². The summed E-state index contributed by atoms with van der Waals surface area (Å²) in [6, 6.07) is 8.26. The highest BCUT2D eigenvalue weighted by atomic mass is 15.3. The van der Waals surface area contributed by atoms with Crippen LogP contribution in [0.4, 0.5) is 5.82 Å². The quantitative estimate of drug-likeness (QED) is 0.836. The van der Waals surface area contributed by atoms with Gasteiger partial charge in [0.2, 0.25) is 0 Å². The van der Waals surface area contributed by atoms with Gasteiger partial charge in [0.1, 0.15) is 5.82 Å². The number of hydrogen-bond donors (Lipinski definition) is 1. The average Bonchev–Trinajstić information content (AvgIpc) is 2.56. The second-order valence-corrected chi connectivity index (χ2v) is 4.00. The molecule has 0 spiro atoms. The van der Waals surface area contributed by atoms with Crippen LogP contribution in [0.25, 0.3) is 11.3 Å². The van der Waals surface area contributed by atoms with Crippen molar-refractivity contribution in [3.05, 3.63) is 35.4 Å². The Morgan fingerprint density at radius 3 is 2.62 bits per heavy atom. The Bertz CT molecular complexity index is 512. The highest BCUT2D eigenvalue weighted by Gasteiger charge is 2.14. The number of hydrogen-bond acceptors (Lipinski definition) is 2. The predicted molar refractivity (Wildman–Crippen MR) is 67.2 cm³/mol. The minimum Gasteiger partial charge on any atom is -0.384 e. The maximum atomic E-state index is 6.00. The molecular weight excluding hydrogens is 198 g/mol. The molecule has 1 aromatic heterocycles. The first-order valence-electron chi connectivity index (χ1n) is 5.52. The molecule has 1 heterocycles. The molecule has 2 N–H and O–H groups in total. The first-order valence-corrected chi connectivity index (χ1v) is 5.52. The van der Waals surface area contributed by atoms with E-state index in [2.05, 4.69) is 31.1 Å². The van der Waals surface area contributed by atoms with E-state index in [4.69, 9.17) is 5.73 Å². The van der Waals surface area contributed by atoms with Crippen LogP contribution in [0.3, 0.4) is 0 Å². The van der Waals surface area contributed by atoms with Crippen molar-refractivity contribution >= 4 is 5.82 Å². The summed E-state index contributed by atoms with van der Waals surface area (Å²) in [6.45, 7) is 4.20. The molecule has 0 unspecified atom stereocenters. The predicted octanol–water partition coefficient (Wildman–Crippen LogP) is 2.54. The summed E-state index contributed by atoms with van der Waals surface area (Å²) < 4.78 is 1.75. The molecule has 3 heteroatoms. The summed E-state index contributed by atoms with van der Waals surface area (Å²) in [6.07, 6.45) is 0.906. The summed E-state index contributed by atoms with van der Waals surface area (Å²) in [5, 5.41) is 4.50. The van der Waals surface area contributed by atoms with Crippen molar-refractivity contribution in [1.82, 2.24) is 9.78 Å². The average molecular weight is 215 g/mol. The van der Waals surface area contributed by atoms with Crippen LogP contribution in [-0.4, -0.2) is 9.78 Å². The van der Waals surface area contributed by atoms with E-state index in [1.54, 1.807) is 4.68 Å². The Hall–Kier alpha value is -1.77. The lowest BCUT2D eigenvalue weighted by Crippen LogP contribution is -1.98. The first kappa shape index (κ1) is 10.7. The van der Waals surface area contributed by atoms with Gasteiger partial charge in [0.05, 0.1) is 5.69 Å². The molecule has 0 atom stereocenters. The smallest absolute Gasteiger partial charge is 0.125 e. The molecule has 0 bridgehead atoms. The zero-order chi connectivity index (χ0) is 11.7. The van der Waals surface area contributed by atoms with E-state index in [1.165, 1.54) is 11.1 Å². The topological polar surface area (TPSA) is 43.8 Å². The highest BCUT2D eigenvalue weighted by Crippen LogP contribution is 2.29. The molecule has 3 nitrogen and oxygen atoms in total. The SMILES string of the molecule is CCc1c(-c2ccccc2C)nn(C)c1N.